The van der Waals surface area contributed by atoms with E-state index < -0.39 is 0 Å². The van der Waals surface area contributed by atoms with E-state index in [0.29, 0.717) is 18.1 Å². The van der Waals surface area contributed by atoms with Crippen molar-refractivity contribution in [1.29, 1.82) is 0 Å². The number of hydrogen-bond donors (Lipinski definition) is 0. The second-order valence-corrected chi connectivity index (χ2v) is 6.25. The van der Waals surface area contributed by atoms with Crippen molar-refractivity contribution in [2.24, 2.45) is 0 Å². The van der Waals surface area contributed by atoms with Crippen LogP contribution in [-0.2, 0) is 11.3 Å². The third-order valence-electron chi connectivity index (χ3n) is 3.55. The molecule has 1 aliphatic rings. The molecule has 1 saturated heterocycles. The second-order valence-electron chi connectivity index (χ2n) is 5.26. The van der Waals surface area contributed by atoms with Crippen molar-refractivity contribution in [3.63, 3.8) is 0 Å². The second kappa shape index (κ2) is 7.36. The topological polar surface area (TPSA) is 46.6 Å². The molecule has 1 fully saturated rings. The average Bonchev–Trinajstić information content (AvgIpc) is 2.85. The lowest BCUT2D eigenvalue weighted by Gasteiger charge is -2.12. The highest BCUT2D eigenvalue weighted by atomic mass is 32.2. The molecular formula is C19H17NO3S. The molecular weight excluding hydrogens is 322 g/mol. The van der Waals surface area contributed by atoms with Gasteiger partial charge in [-0.3, -0.25) is 14.5 Å². The summed E-state index contributed by atoms with van der Waals surface area (Å²) in [6.45, 7) is 2.83. The number of amides is 2. The van der Waals surface area contributed by atoms with Crippen LogP contribution in [0.4, 0.5) is 4.79 Å². The zero-order chi connectivity index (χ0) is 16.9. The van der Waals surface area contributed by atoms with E-state index in [1.165, 1.54) is 4.90 Å². The zero-order valence-corrected chi connectivity index (χ0v) is 14.1. The molecule has 2 aromatic rings. The third kappa shape index (κ3) is 3.68. The lowest BCUT2D eigenvalue weighted by molar-refractivity contribution is -0.123. The smallest absolute Gasteiger partial charge is 0.293 e. The summed E-state index contributed by atoms with van der Waals surface area (Å²) in [7, 11) is 0. The predicted molar refractivity (Wildman–Crippen MR) is 95.6 cm³/mol. The fourth-order valence-corrected chi connectivity index (χ4v) is 3.22. The minimum absolute atomic E-state index is 0.235. The van der Waals surface area contributed by atoms with Crippen LogP contribution in [0.15, 0.2) is 59.5 Å². The summed E-state index contributed by atoms with van der Waals surface area (Å²) in [4.78, 5) is 26.3. The van der Waals surface area contributed by atoms with Gasteiger partial charge in [0.15, 0.2) is 0 Å². The van der Waals surface area contributed by atoms with Gasteiger partial charge < -0.3 is 4.74 Å². The predicted octanol–water partition coefficient (Wildman–Crippen LogP) is 4.32. The Morgan fingerprint density at radius 1 is 1.04 bits per heavy atom. The average molecular weight is 339 g/mol. The minimum Gasteiger partial charge on any atom is -0.494 e. The van der Waals surface area contributed by atoms with Gasteiger partial charge >= 0.3 is 0 Å². The lowest BCUT2D eigenvalue weighted by Crippen LogP contribution is -2.27. The van der Waals surface area contributed by atoms with Gasteiger partial charge in [-0.15, -0.1) is 0 Å². The first-order chi connectivity index (χ1) is 11.7. The van der Waals surface area contributed by atoms with E-state index in [9.17, 15) is 9.59 Å². The van der Waals surface area contributed by atoms with Crippen molar-refractivity contribution >= 4 is 29.0 Å². The van der Waals surface area contributed by atoms with Crippen LogP contribution in [0, 0.1) is 0 Å². The molecule has 3 rings (SSSR count). The number of rotatable bonds is 5. The third-order valence-corrected chi connectivity index (χ3v) is 4.45. The van der Waals surface area contributed by atoms with E-state index in [2.05, 4.69) is 0 Å². The van der Waals surface area contributed by atoms with Crippen LogP contribution in [0.5, 0.6) is 5.75 Å². The monoisotopic (exact) mass is 339 g/mol. The summed E-state index contributed by atoms with van der Waals surface area (Å²) in [5.74, 6) is 0.537. The number of hydrogen-bond acceptors (Lipinski definition) is 4. The van der Waals surface area contributed by atoms with E-state index in [1.807, 2.05) is 61.5 Å². The Kier molecular flexibility index (Phi) is 5.01. The highest BCUT2D eigenvalue weighted by Gasteiger charge is 2.34. The number of imide groups is 1. The Balaban J connectivity index is 1.75. The van der Waals surface area contributed by atoms with Gasteiger partial charge in [-0.2, -0.15) is 0 Å². The molecule has 4 nitrogen and oxygen atoms in total. The molecule has 0 bridgehead atoms. The normalized spacial score (nSPS) is 16.0. The van der Waals surface area contributed by atoms with Crippen LogP contribution in [0.2, 0.25) is 0 Å². The highest BCUT2D eigenvalue weighted by molar-refractivity contribution is 8.18. The molecule has 0 unspecified atom stereocenters. The van der Waals surface area contributed by atoms with Gasteiger partial charge in [0.05, 0.1) is 18.1 Å². The van der Waals surface area contributed by atoms with E-state index >= 15 is 0 Å². The van der Waals surface area contributed by atoms with E-state index in [0.717, 1.165) is 28.6 Å². The van der Waals surface area contributed by atoms with Gasteiger partial charge in [0, 0.05) is 0 Å². The van der Waals surface area contributed by atoms with Gasteiger partial charge in [-0.1, -0.05) is 42.5 Å². The Morgan fingerprint density at radius 2 is 1.75 bits per heavy atom. The molecule has 2 amide bonds. The van der Waals surface area contributed by atoms with E-state index in [4.69, 9.17) is 4.74 Å². The highest BCUT2D eigenvalue weighted by Crippen LogP contribution is 2.33. The first-order valence-corrected chi connectivity index (χ1v) is 8.51. The van der Waals surface area contributed by atoms with Crippen molar-refractivity contribution in [2.45, 2.75) is 13.5 Å². The maximum atomic E-state index is 12.5. The first kappa shape index (κ1) is 16.3. The van der Waals surface area contributed by atoms with Gasteiger partial charge in [0.1, 0.15) is 5.75 Å². The van der Waals surface area contributed by atoms with E-state index in [1.54, 1.807) is 6.08 Å². The molecule has 122 valence electrons. The summed E-state index contributed by atoms with van der Waals surface area (Å²) in [5, 5.41) is -0.235. The molecule has 0 N–H and O–H groups in total. The van der Waals surface area contributed by atoms with Gasteiger partial charge in [0.2, 0.25) is 0 Å². The number of nitrogens with zero attached hydrogens (tertiary/aromatic N) is 1. The van der Waals surface area contributed by atoms with Crippen LogP contribution in [0.1, 0.15) is 18.1 Å². The summed E-state index contributed by atoms with van der Waals surface area (Å²) in [6, 6.07) is 16.9. The summed E-state index contributed by atoms with van der Waals surface area (Å²) < 4.78 is 5.40. The standard InChI is InChI=1S/C19H17NO3S/c1-2-23-16-10-8-14(9-11-16)12-17-18(21)20(19(22)24-17)13-15-6-4-3-5-7-15/h3-12H,2,13H2,1H3/b17-12-. The van der Waals surface area contributed by atoms with Crippen LogP contribution < -0.4 is 4.74 Å². The fourth-order valence-electron chi connectivity index (χ4n) is 2.38. The molecule has 0 radical (unpaired) electrons. The molecule has 0 spiro atoms. The molecule has 0 atom stereocenters. The number of carbonyl (C=O) groups is 2. The SMILES string of the molecule is CCOc1ccc(/C=C2\SC(=O)N(Cc3ccccc3)C2=O)cc1. The van der Waals surface area contributed by atoms with Crippen LogP contribution in [0.3, 0.4) is 0 Å². The van der Waals surface area contributed by atoms with Crippen molar-refractivity contribution in [3.8, 4) is 5.75 Å². The number of benzene rings is 2. The molecule has 2 aromatic carbocycles. The Labute approximate surface area is 145 Å². The molecule has 0 aliphatic carbocycles. The maximum absolute atomic E-state index is 12.5. The maximum Gasteiger partial charge on any atom is 0.293 e. The lowest BCUT2D eigenvalue weighted by atomic mass is 10.2. The Morgan fingerprint density at radius 3 is 2.42 bits per heavy atom. The molecule has 0 aromatic heterocycles. The quantitative estimate of drug-likeness (QED) is 0.761. The molecule has 1 aliphatic heterocycles. The molecule has 5 heteroatoms. The van der Waals surface area contributed by atoms with Gasteiger partial charge in [-0.25, -0.2) is 0 Å². The number of ether oxygens (including phenoxy) is 1. The minimum atomic E-state index is -0.247. The van der Waals surface area contributed by atoms with Crippen LogP contribution in [0.25, 0.3) is 6.08 Å². The van der Waals surface area contributed by atoms with Crippen LogP contribution in [-0.4, -0.2) is 22.7 Å². The summed E-state index contributed by atoms with van der Waals surface area (Å²) >= 11 is 0.978. The summed E-state index contributed by atoms with van der Waals surface area (Å²) in [6.07, 6.45) is 1.74. The molecule has 0 saturated carbocycles. The fraction of sp³-hybridized carbons (Fsp3) is 0.158. The van der Waals surface area contributed by atoms with Gasteiger partial charge in [0.25, 0.3) is 11.1 Å². The van der Waals surface area contributed by atoms with Crippen molar-refractivity contribution in [1.82, 2.24) is 4.90 Å². The molecule has 1 heterocycles. The van der Waals surface area contributed by atoms with Crippen molar-refractivity contribution in [3.05, 3.63) is 70.6 Å². The largest absolute Gasteiger partial charge is 0.494 e. The number of thioether (sulfide) groups is 1. The van der Waals surface area contributed by atoms with Crippen molar-refractivity contribution < 1.29 is 14.3 Å². The Bertz CT molecular complexity index is 769. The Hall–Kier alpha value is -2.53. The van der Waals surface area contributed by atoms with Crippen LogP contribution >= 0.6 is 11.8 Å². The molecule has 24 heavy (non-hydrogen) atoms. The van der Waals surface area contributed by atoms with Gasteiger partial charge in [-0.05, 0) is 48.0 Å². The number of carbonyl (C=O) groups excluding carboxylic acids is 2. The first-order valence-electron chi connectivity index (χ1n) is 7.69. The summed E-state index contributed by atoms with van der Waals surface area (Å²) in [5.41, 5.74) is 1.80. The van der Waals surface area contributed by atoms with Crippen molar-refractivity contribution in [2.75, 3.05) is 6.61 Å². The zero-order valence-electron chi connectivity index (χ0n) is 13.3. The van der Waals surface area contributed by atoms with E-state index in [-0.39, 0.29) is 11.1 Å².